The highest BCUT2D eigenvalue weighted by Crippen LogP contribution is 2.19. The van der Waals surface area contributed by atoms with Crippen molar-refractivity contribution in [3.63, 3.8) is 0 Å². The van der Waals surface area contributed by atoms with Gasteiger partial charge in [-0.3, -0.25) is 4.99 Å². The summed E-state index contributed by atoms with van der Waals surface area (Å²) in [6, 6.07) is 6.57. The van der Waals surface area contributed by atoms with Gasteiger partial charge in [-0.05, 0) is 35.8 Å². The molecule has 0 heterocycles. The van der Waals surface area contributed by atoms with Crippen LogP contribution in [0.5, 0.6) is 0 Å². The maximum Gasteiger partial charge on any atom is 0.161 e. The zero-order valence-electron chi connectivity index (χ0n) is 12.6. The quantitative estimate of drug-likeness (QED) is 0.807. The van der Waals surface area contributed by atoms with Crippen LogP contribution >= 0.6 is 0 Å². The Morgan fingerprint density at radius 2 is 1.89 bits per heavy atom. The Morgan fingerprint density at radius 1 is 1.22 bits per heavy atom. The minimum Gasteiger partial charge on any atom is -0.378 e. The number of allylic oxidation sites excluding steroid dienone is 1. The van der Waals surface area contributed by atoms with Crippen molar-refractivity contribution in [3.05, 3.63) is 35.4 Å². The second-order valence-electron chi connectivity index (χ2n) is 3.95. The van der Waals surface area contributed by atoms with Gasteiger partial charge in [-0.15, -0.1) is 0 Å². The molecule has 0 aliphatic heterocycles. The van der Waals surface area contributed by atoms with Gasteiger partial charge in [-0.2, -0.15) is 0 Å². The third-order valence-electron chi connectivity index (χ3n) is 2.56. The van der Waals surface area contributed by atoms with Crippen molar-refractivity contribution >= 4 is 18.0 Å². The van der Waals surface area contributed by atoms with Gasteiger partial charge in [0, 0.05) is 25.9 Å². The molecule has 18 heavy (non-hydrogen) atoms. The van der Waals surface area contributed by atoms with Crippen LogP contribution in [0.25, 0.3) is 6.08 Å². The normalized spacial score (nSPS) is 10.6. The number of anilines is 1. The monoisotopic (exact) mass is 247 g/mol. The molecular weight excluding hydrogens is 220 g/mol. The molecule has 0 bridgehead atoms. The van der Waals surface area contributed by atoms with E-state index in [1.54, 1.807) is 0 Å². The van der Waals surface area contributed by atoms with Crippen molar-refractivity contribution in [1.82, 2.24) is 0 Å². The molecular formula is C16H27N2+. The summed E-state index contributed by atoms with van der Waals surface area (Å²) >= 11 is 0. The van der Waals surface area contributed by atoms with Gasteiger partial charge in [0.1, 0.15) is 7.05 Å². The number of aryl methyl sites for hydroxylation is 1. The van der Waals surface area contributed by atoms with Crippen LogP contribution in [0.1, 0.15) is 31.9 Å². The van der Waals surface area contributed by atoms with E-state index >= 15 is 0 Å². The van der Waals surface area contributed by atoms with Crippen LogP contribution < -0.4 is 9.89 Å². The van der Waals surface area contributed by atoms with Crippen LogP contribution in [-0.2, 0) is 6.42 Å². The summed E-state index contributed by atoms with van der Waals surface area (Å²) < 4.78 is 0. The van der Waals surface area contributed by atoms with Gasteiger partial charge in [0.15, 0.2) is 6.21 Å². The zero-order chi connectivity index (χ0) is 14.0. The Hall–Kier alpha value is -1.57. The Morgan fingerprint density at radius 3 is 2.39 bits per heavy atom. The molecule has 0 amide bonds. The van der Waals surface area contributed by atoms with Gasteiger partial charge in [0.05, 0.1) is 0 Å². The lowest BCUT2D eigenvalue weighted by molar-refractivity contribution is -0.413. The molecule has 0 fully saturated rings. The predicted molar refractivity (Wildman–Crippen MR) is 83.5 cm³/mol. The zero-order valence-corrected chi connectivity index (χ0v) is 12.6. The molecule has 100 valence electrons. The lowest BCUT2D eigenvalue weighted by Gasteiger charge is -2.14. The Balaban J connectivity index is 0.00000137. The highest BCUT2D eigenvalue weighted by Gasteiger charge is 2.01. The third kappa shape index (κ3) is 5.17. The van der Waals surface area contributed by atoms with Gasteiger partial charge >= 0.3 is 0 Å². The van der Waals surface area contributed by atoms with Crippen molar-refractivity contribution in [1.29, 1.82) is 0 Å². The predicted octanol–water partition coefficient (Wildman–Crippen LogP) is 2.14. The highest BCUT2D eigenvalue weighted by atomic mass is 15.1. The molecule has 0 aliphatic rings. The molecule has 2 heteroatoms. The maximum absolute atomic E-state index is 2.98. The Bertz CT molecular complexity index is 390. The van der Waals surface area contributed by atoms with Gasteiger partial charge in [0.2, 0.25) is 0 Å². The second kappa shape index (κ2) is 9.46. The average Bonchev–Trinajstić information content (AvgIpc) is 2.41. The molecule has 1 aromatic rings. The summed E-state index contributed by atoms with van der Waals surface area (Å²) in [5.74, 6) is 0. The van der Waals surface area contributed by atoms with E-state index in [0.29, 0.717) is 0 Å². The second-order valence-corrected chi connectivity index (χ2v) is 3.95. The molecule has 0 radical (unpaired) electrons. The summed E-state index contributed by atoms with van der Waals surface area (Å²) in [5, 5.41) is 0. The molecule has 1 rings (SSSR count). The van der Waals surface area contributed by atoms with Crippen LogP contribution in [-0.4, -0.2) is 27.4 Å². The van der Waals surface area contributed by atoms with E-state index in [1.807, 2.05) is 33.2 Å². The van der Waals surface area contributed by atoms with Crippen LogP contribution in [0.4, 0.5) is 5.69 Å². The molecule has 0 unspecified atom stereocenters. The van der Waals surface area contributed by atoms with Crippen LogP contribution in [0.2, 0.25) is 0 Å². The summed E-state index contributed by atoms with van der Waals surface area (Å²) in [5.41, 5.74) is 3.93. The minimum absolute atomic E-state index is 1.06. The first-order valence-corrected chi connectivity index (χ1v) is 6.66. The largest absolute Gasteiger partial charge is 0.378 e. The van der Waals surface area contributed by atoms with E-state index in [1.165, 1.54) is 16.8 Å². The molecule has 0 aliphatic carbocycles. The molecule has 0 spiro atoms. The smallest absolute Gasteiger partial charge is 0.161 e. The molecule has 0 saturated carbocycles. The molecule has 0 aromatic heterocycles. The fourth-order valence-electron chi connectivity index (χ4n) is 1.59. The lowest BCUT2D eigenvalue weighted by atomic mass is 10.0. The highest BCUT2D eigenvalue weighted by molar-refractivity contribution is 5.75. The Labute approximate surface area is 112 Å². The van der Waals surface area contributed by atoms with E-state index in [2.05, 4.69) is 55.2 Å². The van der Waals surface area contributed by atoms with Crippen LogP contribution in [0, 0.1) is 0 Å². The van der Waals surface area contributed by atoms with E-state index < -0.39 is 0 Å². The molecule has 2 nitrogen and oxygen atoms in total. The molecule has 1 aromatic carbocycles. The summed E-state index contributed by atoms with van der Waals surface area (Å²) in [6.07, 6.45) is 7.15. The van der Waals surface area contributed by atoms with Crippen LogP contribution in [0.15, 0.2) is 24.3 Å². The first-order valence-electron chi connectivity index (χ1n) is 6.66. The number of nitrogens with zero attached hydrogens (tertiary/aromatic N) is 1. The summed E-state index contributed by atoms with van der Waals surface area (Å²) in [6.45, 7) is 6.19. The van der Waals surface area contributed by atoms with E-state index in [0.717, 1.165) is 6.42 Å². The molecule has 1 N–H and O–H groups in total. The van der Waals surface area contributed by atoms with Gasteiger partial charge in [-0.1, -0.05) is 26.8 Å². The van der Waals surface area contributed by atoms with E-state index in [-0.39, 0.29) is 0 Å². The van der Waals surface area contributed by atoms with Gasteiger partial charge < -0.3 is 4.90 Å². The number of rotatable bonds is 4. The summed E-state index contributed by atoms with van der Waals surface area (Å²) in [7, 11) is 6.04. The first-order chi connectivity index (χ1) is 8.69. The number of hydrogen-bond acceptors (Lipinski definition) is 1. The van der Waals surface area contributed by atoms with Crippen molar-refractivity contribution in [3.8, 4) is 0 Å². The Kier molecular flexibility index (Phi) is 8.63. The third-order valence-corrected chi connectivity index (χ3v) is 2.56. The average molecular weight is 247 g/mol. The number of nitrogens with one attached hydrogen (secondary N) is 1. The number of benzene rings is 1. The van der Waals surface area contributed by atoms with Crippen LogP contribution in [0.3, 0.4) is 0 Å². The summed E-state index contributed by atoms with van der Waals surface area (Å²) in [4.78, 5) is 5.12. The van der Waals surface area contributed by atoms with Crippen molar-refractivity contribution < 1.29 is 4.99 Å². The number of hydrogen-bond donors (Lipinski definition) is 1. The van der Waals surface area contributed by atoms with Crippen molar-refractivity contribution in [2.75, 3.05) is 26.0 Å². The molecule has 0 saturated heterocycles. The van der Waals surface area contributed by atoms with Gasteiger partial charge in [0.25, 0.3) is 0 Å². The fraction of sp³-hybridized carbons (Fsp3) is 0.438. The molecule has 0 atom stereocenters. The van der Waals surface area contributed by atoms with E-state index in [4.69, 9.17) is 0 Å². The first kappa shape index (κ1) is 16.4. The maximum atomic E-state index is 2.98. The lowest BCUT2D eigenvalue weighted by Crippen LogP contribution is -2.62. The van der Waals surface area contributed by atoms with Gasteiger partial charge in [-0.25, -0.2) is 0 Å². The topological polar surface area (TPSA) is 17.2 Å². The SMILES string of the molecule is CC.CCc1cc(N(C)C)ccc1C=CC=[NH+]C. The van der Waals surface area contributed by atoms with E-state index in [9.17, 15) is 0 Å². The van der Waals surface area contributed by atoms with Crippen molar-refractivity contribution in [2.45, 2.75) is 27.2 Å². The minimum atomic E-state index is 1.06. The standard InChI is InChI=1S/C14H20N2.C2H6/c1-5-12-11-14(16(3)4)9-8-13(12)7-6-10-15-2;1-2/h6-11H,5H2,1-4H3;1-2H3/p+1. The fourth-order valence-corrected chi connectivity index (χ4v) is 1.59. The van der Waals surface area contributed by atoms with Crippen molar-refractivity contribution in [2.24, 2.45) is 0 Å².